The largest absolute Gasteiger partial charge is 0.508 e. The number of halogens is 1. The molecule has 0 amide bonds. The van der Waals surface area contributed by atoms with Crippen molar-refractivity contribution in [1.29, 1.82) is 0 Å². The minimum absolute atomic E-state index is 0.164. The third-order valence-corrected chi connectivity index (χ3v) is 3.34. The predicted octanol–water partition coefficient (Wildman–Crippen LogP) is 4.34. The Balaban J connectivity index is 1.84. The molecule has 1 nitrogen and oxygen atoms in total. The topological polar surface area (TPSA) is 20.2 Å². The van der Waals surface area contributed by atoms with Crippen LogP contribution in [0.2, 0.25) is 0 Å². The van der Waals surface area contributed by atoms with Gasteiger partial charge in [-0.3, -0.25) is 0 Å². The second kappa shape index (κ2) is 6.37. The Bertz CT molecular complexity index is 519. The van der Waals surface area contributed by atoms with E-state index in [0.717, 1.165) is 24.8 Å². The maximum absolute atomic E-state index is 13.1. The van der Waals surface area contributed by atoms with Crippen molar-refractivity contribution in [1.82, 2.24) is 0 Å². The van der Waals surface area contributed by atoms with E-state index in [2.05, 4.69) is 6.92 Å². The van der Waals surface area contributed by atoms with Gasteiger partial charge in [-0.2, -0.15) is 0 Å². The third kappa shape index (κ3) is 4.40. The van der Waals surface area contributed by atoms with E-state index in [-0.39, 0.29) is 5.82 Å². The summed E-state index contributed by atoms with van der Waals surface area (Å²) in [6, 6.07) is 14.1. The number of rotatable bonds is 5. The van der Waals surface area contributed by atoms with Crippen molar-refractivity contribution in [2.75, 3.05) is 0 Å². The minimum atomic E-state index is -0.164. The van der Waals surface area contributed by atoms with Gasteiger partial charge in [0.05, 0.1) is 0 Å². The number of aromatic hydroxyl groups is 1. The van der Waals surface area contributed by atoms with Crippen LogP contribution in [0.5, 0.6) is 5.75 Å². The summed E-state index contributed by atoms with van der Waals surface area (Å²) < 4.78 is 13.1. The summed E-state index contributed by atoms with van der Waals surface area (Å²) in [6.07, 6.45) is 2.94. The first-order chi connectivity index (χ1) is 9.13. The summed E-state index contributed by atoms with van der Waals surface area (Å²) in [5.74, 6) is 0.649. The lowest BCUT2D eigenvalue weighted by Crippen LogP contribution is -2.02. The van der Waals surface area contributed by atoms with E-state index >= 15 is 0 Å². The lowest BCUT2D eigenvalue weighted by Gasteiger charge is -2.11. The van der Waals surface area contributed by atoms with E-state index in [1.54, 1.807) is 24.3 Å². The van der Waals surface area contributed by atoms with Crippen LogP contribution in [-0.4, -0.2) is 5.11 Å². The summed E-state index contributed by atoms with van der Waals surface area (Å²) in [6.45, 7) is 2.19. The Kier molecular flexibility index (Phi) is 4.56. The van der Waals surface area contributed by atoms with Gasteiger partial charge in [-0.15, -0.1) is 0 Å². The molecule has 0 aliphatic rings. The molecule has 2 heteroatoms. The molecule has 0 aliphatic heterocycles. The normalized spacial score (nSPS) is 12.3. The fourth-order valence-electron chi connectivity index (χ4n) is 2.24. The molecule has 0 aromatic heterocycles. The molecule has 0 radical (unpaired) electrons. The summed E-state index contributed by atoms with van der Waals surface area (Å²) in [5.41, 5.74) is 2.28. The van der Waals surface area contributed by atoms with Crippen molar-refractivity contribution in [3.05, 3.63) is 65.5 Å². The molecule has 0 heterocycles. The van der Waals surface area contributed by atoms with Crippen LogP contribution in [0.25, 0.3) is 0 Å². The molecule has 1 N–H and O–H groups in total. The van der Waals surface area contributed by atoms with Crippen molar-refractivity contribution in [2.45, 2.75) is 26.2 Å². The monoisotopic (exact) mass is 258 g/mol. The zero-order valence-corrected chi connectivity index (χ0v) is 11.1. The maximum atomic E-state index is 13.1. The van der Waals surface area contributed by atoms with Crippen molar-refractivity contribution in [3.63, 3.8) is 0 Å². The Morgan fingerprint density at radius 2 is 1.79 bits per heavy atom. The third-order valence-electron chi connectivity index (χ3n) is 3.34. The average Bonchev–Trinajstić information content (AvgIpc) is 2.38. The first kappa shape index (κ1) is 13.6. The SMILES string of the molecule is CC(CCc1ccc(O)cc1)Cc1cccc(F)c1. The van der Waals surface area contributed by atoms with Crippen LogP contribution in [0.4, 0.5) is 4.39 Å². The van der Waals surface area contributed by atoms with Crippen LogP contribution in [0.3, 0.4) is 0 Å². The van der Waals surface area contributed by atoms with Gasteiger partial charge in [0.25, 0.3) is 0 Å². The zero-order chi connectivity index (χ0) is 13.7. The van der Waals surface area contributed by atoms with Crippen molar-refractivity contribution < 1.29 is 9.50 Å². The smallest absolute Gasteiger partial charge is 0.123 e. The number of aryl methyl sites for hydroxylation is 1. The molecule has 2 rings (SSSR count). The van der Waals surface area contributed by atoms with Crippen LogP contribution >= 0.6 is 0 Å². The fourth-order valence-corrected chi connectivity index (χ4v) is 2.24. The van der Waals surface area contributed by atoms with Crippen LogP contribution in [-0.2, 0) is 12.8 Å². The molecule has 100 valence electrons. The molecular weight excluding hydrogens is 239 g/mol. The lowest BCUT2D eigenvalue weighted by molar-refractivity contribution is 0.474. The van der Waals surface area contributed by atoms with E-state index in [9.17, 15) is 9.50 Å². The molecule has 2 aromatic rings. The number of hydrogen-bond acceptors (Lipinski definition) is 1. The van der Waals surface area contributed by atoms with Crippen LogP contribution < -0.4 is 0 Å². The molecule has 1 atom stereocenters. The van der Waals surface area contributed by atoms with E-state index in [1.165, 1.54) is 11.6 Å². The van der Waals surface area contributed by atoms with Gasteiger partial charge in [-0.25, -0.2) is 4.39 Å². The number of phenols is 1. The van der Waals surface area contributed by atoms with Gasteiger partial charge in [-0.05, 0) is 60.6 Å². The van der Waals surface area contributed by atoms with Gasteiger partial charge in [0.15, 0.2) is 0 Å². The number of hydrogen-bond donors (Lipinski definition) is 1. The van der Waals surface area contributed by atoms with Crippen molar-refractivity contribution in [3.8, 4) is 5.75 Å². The highest BCUT2D eigenvalue weighted by atomic mass is 19.1. The van der Waals surface area contributed by atoms with Gasteiger partial charge in [0, 0.05) is 0 Å². The van der Waals surface area contributed by atoms with Gasteiger partial charge in [0.2, 0.25) is 0 Å². The van der Waals surface area contributed by atoms with E-state index < -0.39 is 0 Å². The summed E-state index contributed by atoms with van der Waals surface area (Å²) in [5, 5.41) is 9.22. The maximum Gasteiger partial charge on any atom is 0.123 e. The number of benzene rings is 2. The average molecular weight is 258 g/mol. The standard InChI is InChI=1S/C17H19FO/c1-13(11-15-3-2-4-16(18)12-15)5-6-14-7-9-17(19)10-8-14/h2-4,7-10,12-13,19H,5-6,11H2,1H3. The predicted molar refractivity (Wildman–Crippen MR) is 75.7 cm³/mol. The highest BCUT2D eigenvalue weighted by molar-refractivity contribution is 5.26. The first-order valence-corrected chi connectivity index (χ1v) is 6.66. The molecule has 0 aliphatic carbocycles. The van der Waals surface area contributed by atoms with Gasteiger partial charge >= 0.3 is 0 Å². The van der Waals surface area contributed by atoms with Crippen LogP contribution in [0.1, 0.15) is 24.5 Å². The summed E-state index contributed by atoms with van der Waals surface area (Å²) in [4.78, 5) is 0. The van der Waals surface area contributed by atoms with Gasteiger partial charge < -0.3 is 5.11 Å². The molecule has 0 saturated heterocycles. The van der Waals surface area contributed by atoms with E-state index in [1.807, 2.05) is 18.2 Å². The number of phenolic OH excluding ortho intramolecular Hbond substituents is 1. The Hall–Kier alpha value is -1.83. The van der Waals surface area contributed by atoms with Crippen molar-refractivity contribution in [2.24, 2.45) is 5.92 Å². The van der Waals surface area contributed by atoms with Crippen LogP contribution in [0.15, 0.2) is 48.5 Å². The fraction of sp³-hybridized carbons (Fsp3) is 0.294. The molecule has 0 fully saturated rings. The van der Waals surface area contributed by atoms with Crippen molar-refractivity contribution >= 4 is 0 Å². The second-order valence-electron chi connectivity index (χ2n) is 5.14. The van der Waals surface area contributed by atoms with Gasteiger partial charge in [0.1, 0.15) is 11.6 Å². The lowest BCUT2D eigenvalue weighted by atomic mass is 9.94. The molecule has 0 bridgehead atoms. The summed E-state index contributed by atoms with van der Waals surface area (Å²) in [7, 11) is 0. The first-order valence-electron chi connectivity index (χ1n) is 6.66. The van der Waals surface area contributed by atoms with E-state index in [4.69, 9.17) is 0 Å². The Morgan fingerprint density at radius 3 is 2.47 bits per heavy atom. The van der Waals surface area contributed by atoms with Crippen LogP contribution in [0, 0.1) is 11.7 Å². The molecule has 0 saturated carbocycles. The molecule has 19 heavy (non-hydrogen) atoms. The molecule has 1 unspecified atom stereocenters. The van der Waals surface area contributed by atoms with E-state index in [0.29, 0.717) is 11.7 Å². The summed E-state index contributed by atoms with van der Waals surface area (Å²) >= 11 is 0. The highest BCUT2D eigenvalue weighted by Crippen LogP contribution is 2.17. The molecule has 0 spiro atoms. The van der Waals surface area contributed by atoms with Gasteiger partial charge in [-0.1, -0.05) is 31.2 Å². The second-order valence-corrected chi connectivity index (χ2v) is 5.14. The minimum Gasteiger partial charge on any atom is -0.508 e. The zero-order valence-electron chi connectivity index (χ0n) is 11.1. The highest BCUT2D eigenvalue weighted by Gasteiger charge is 2.05. The molecule has 2 aromatic carbocycles. The molecular formula is C17H19FO. The Labute approximate surface area is 113 Å². The quantitative estimate of drug-likeness (QED) is 0.845. The Morgan fingerprint density at radius 1 is 1.05 bits per heavy atom.